The quantitative estimate of drug-likeness (QED) is 0.761. The van der Waals surface area contributed by atoms with Gasteiger partial charge in [0.25, 0.3) is 11.5 Å². The molecule has 0 fully saturated rings. The number of aromatic nitrogens is 1. The van der Waals surface area contributed by atoms with Crippen molar-refractivity contribution in [2.75, 3.05) is 11.4 Å². The third-order valence-electron chi connectivity index (χ3n) is 4.78. The number of para-hydroxylation sites is 1. The average molecular weight is 363 g/mol. The Hall–Kier alpha value is -3.25. The first-order valence-electron chi connectivity index (χ1n) is 8.69. The summed E-state index contributed by atoms with van der Waals surface area (Å²) in [5, 5.41) is 0. The van der Waals surface area contributed by atoms with E-state index in [4.69, 9.17) is 5.73 Å². The molecule has 1 aliphatic rings. The number of nitrogens with zero attached hydrogens (tertiary/aromatic N) is 2. The first-order valence-corrected chi connectivity index (χ1v) is 8.69. The van der Waals surface area contributed by atoms with E-state index in [1.165, 1.54) is 39.9 Å². The average Bonchev–Trinajstić information content (AvgIpc) is 2.69. The van der Waals surface area contributed by atoms with E-state index in [1.54, 1.807) is 18.2 Å². The van der Waals surface area contributed by atoms with Gasteiger partial charge in [0.15, 0.2) is 0 Å². The Morgan fingerprint density at radius 2 is 1.85 bits per heavy atom. The van der Waals surface area contributed by atoms with Gasteiger partial charge in [-0.25, -0.2) is 4.39 Å². The smallest absolute Gasteiger partial charge is 0.259 e. The van der Waals surface area contributed by atoms with Crippen molar-refractivity contribution >= 4 is 11.6 Å². The lowest BCUT2D eigenvalue weighted by Gasteiger charge is -2.33. The highest BCUT2D eigenvalue weighted by molar-refractivity contribution is 6.06. The largest absolute Gasteiger partial charge is 0.324 e. The lowest BCUT2D eigenvalue weighted by molar-refractivity contribution is 0.0983. The summed E-state index contributed by atoms with van der Waals surface area (Å²) in [6, 6.07) is 16.0. The number of benzene rings is 2. The number of pyridine rings is 1. The molecule has 0 spiro atoms. The fraction of sp³-hybridized carbons (Fsp3) is 0.143. The molecule has 5 nitrogen and oxygen atoms in total. The molecule has 1 aromatic heterocycles. The molecular weight excluding hydrogens is 345 g/mol. The number of hydrogen-bond donors (Lipinski definition) is 1. The molecule has 2 N–H and O–H groups in total. The van der Waals surface area contributed by atoms with Gasteiger partial charge in [0.05, 0.1) is 11.3 Å². The second-order valence-corrected chi connectivity index (χ2v) is 6.52. The summed E-state index contributed by atoms with van der Waals surface area (Å²) in [5.41, 5.74) is 8.13. The van der Waals surface area contributed by atoms with Crippen LogP contribution < -0.4 is 16.2 Å². The van der Waals surface area contributed by atoms with Crippen LogP contribution in [0.4, 0.5) is 10.1 Å². The molecule has 1 atom stereocenters. The van der Waals surface area contributed by atoms with E-state index in [1.807, 2.05) is 18.2 Å². The molecular formula is C21H18FN3O2. The van der Waals surface area contributed by atoms with E-state index in [0.717, 1.165) is 5.56 Å². The number of rotatable bonds is 2. The van der Waals surface area contributed by atoms with E-state index in [9.17, 15) is 14.0 Å². The molecule has 2 aromatic carbocycles. The number of carbonyl (C=O) groups is 1. The summed E-state index contributed by atoms with van der Waals surface area (Å²) < 4.78 is 15.2. The maximum atomic E-state index is 13.8. The third kappa shape index (κ3) is 3.15. The van der Waals surface area contributed by atoms with E-state index in [0.29, 0.717) is 29.9 Å². The van der Waals surface area contributed by atoms with Crippen LogP contribution in [0.1, 0.15) is 28.4 Å². The molecule has 136 valence electrons. The summed E-state index contributed by atoms with van der Waals surface area (Å²) in [6.07, 6.45) is 2.11. The van der Waals surface area contributed by atoms with E-state index >= 15 is 0 Å². The Labute approximate surface area is 155 Å². The van der Waals surface area contributed by atoms with E-state index in [-0.39, 0.29) is 17.5 Å². The Morgan fingerprint density at radius 1 is 1.07 bits per heavy atom. The fourth-order valence-electron chi connectivity index (χ4n) is 3.38. The number of hydrogen-bond acceptors (Lipinski definition) is 3. The molecule has 0 radical (unpaired) electrons. The van der Waals surface area contributed by atoms with Crippen LogP contribution in [0.5, 0.6) is 0 Å². The number of fused-ring (bicyclic) bond motifs is 1. The van der Waals surface area contributed by atoms with Gasteiger partial charge in [0.1, 0.15) is 5.82 Å². The topological polar surface area (TPSA) is 68.3 Å². The first kappa shape index (κ1) is 17.2. The molecule has 0 saturated heterocycles. The molecule has 0 aliphatic carbocycles. The molecule has 1 aliphatic heterocycles. The van der Waals surface area contributed by atoms with Crippen LogP contribution in [-0.4, -0.2) is 17.0 Å². The number of anilines is 1. The fourth-order valence-corrected chi connectivity index (χ4v) is 3.38. The predicted octanol–water partition coefficient (Wildman–Crippen LogP) is 3.03. The standard InChI is InChI=1S/C21H18FN3O2/c22-15-7-8-17-18(23)10-11-24(19(17)12-15)21(27)14-6-9-20(26)25(13-14)16-4-2-1-3-5-16/h1-9,12-13,18H,10-11,23H2. The minimum Gasteiger partial charge on any atom is -0.324 e. The van der Waals surface area contributed by atoms with Crippen molar-refractivity contribution in [2.45, 2.75) is 12.5 Å². The van der Waals surface area contributed by atoms with Gasteiger partial charge in [-0.05, 0) is 42.3 Å². The highest BCUT2D eigenvalue weighted by atomic mass is 19.1. The Kier molecular flexibility index (Phi) is 4.33. The van der Waals surface area contributed by atoms with Gasteiger partial charge in [-0.1, -0.05) is 24.3 Å². The zero-order chi connectivity index (χ0) is 19.0. The SMILES string of the molecule is NC1CCN(C(=O)c2ccc(=O)n(-c3ccccc3)c2)c2cc(F)ccc21. The van der Waals surface area contributed by atoms with Gasteiger partial charge in [-0.15, -0.1) is 0 Å². The summed E-state index contributed by atoms with van der Waals surface area (Å²) in [6.45, 7) is 0.390. The van der Waals surface area contributed by atoms with Crippen LogP contribution in [-0.2, 0) is 0 Å². The second-order valence-electron chi connectivity index (χ2n) is 6.52. The van der Waals surface area contributed by atoms with E-state index < -0.39 is 5.82 Å². The summed E-state index contributed by atoms with van der Waals surface area (Å²) in [4.78, 5) is 26.9. The van der Waals surface area contributed by atoms with Crippen LogP contribution >= 0.6 is 0 Å². The third-order valence-corrected chi connectivity index (χ3v) is 4.78. The number of nitrogens with two attached hydrogens (primary N) is 1. The summed E-state index contributed by atoms with van der Waals surface area (Å²) >= 11 is 0. The minimum absolute atomic E-state index is 0.232. The highest BCUT2D eigenvalue weighted by Crippen LogP contribution is 2.33. The first-order chi connectivity index (χ1) is 13.0. The normalized spacial score (nSPS) is 16.1. The van der Waals surface area contributed by atoms with Gasteiger partial charge in [-0.3, -0.25) is 14.2 Å². The van der Waals surface area contributed by atoms with Gasteiger partial charge < -0.3 is 10.6 Å². The molecule has 0 saturated carbocycles. The molecule has 3 aromatic rings. The minimum atomic E-state index is -0.421. The monoisotopic (exact) mass is 363 g/mol. The zero-order valence-corrected chi connectivity index (χ0v) is 14.5. The molecule has 6 heteroatoms. The van der Waals surface area contributed by atoms with Crippen LogP contribution in [0.15, 0.2) is 71.7 Å². The van der Waals surface area contributed by atoms with Crippen molar-refractivity contribution in [1.29, 1.82) is 0 Å². The molecule has 27 heavy (non-hydrogen) atoms. The Morgan fingerprint density at radius 3 is 2.63 bits per heavy atom. The maximum Gasteiger partial charge on any atom is 0.259 e. The van der Waals surface area contributed by atoms with Crippen molar-refractivity contribution < 1.29 is 9.18 Å². The summed E-state index contributed by atoms with van der Waals surface area (Å²) in [5.74, 6) is -0.715. The van der Waals surface area contributed by atoms with Gasteiger partial charge in [0, 0.05) is 30.5 Å². The van der Waals surface area contributed by atoms with Crippen molar-refractivity contribution in [3.63, 3.8) is 0 Å². The second kappa shape index (κ2) is 6.81. The van der Waals surface area contributed by atoms with Crippen molar-refractivity contribution in [2.24, 2.45) is 5.73 Å². The lowest BCUT2D eigenvalue weighted by atomic mass is 9.96. The number of amides is 1. The number of carbonyl (C=O) groups excluding carboxylic acids is 1. The van der Waals surface area contributed by atoms with Crippen LogP contribution in [0, 0.1) is 5.82 Å². The molecule has 0 bridgehead atoms. The van der Waals surface area contributed by atoms with Crippen molar-refractivity contribution in [3.8, 4) is 5.69 Å². The van der Waals surface area contributed by atoms with Gasteiger partial charge in [0.2, 0.25) is 0 Å². The molecule has 4 rings (SSSR count). The molecule has 2 heterocycles. The number of halogens is 1. The van der Waals surface area contributed by atoms with E-state index in [2.05, 4.69) is 0 Å². The van der Waals surface area contributed by atoms with Gasteiger partial charge in [-0.2, -0.15) is 0 Å². The van der Waals surface area contributed by atoms with Crippen molar-refractivity contribution in [1.82, 2.24) is 4.57 Å². The van der Waals surface area contributed by atoms with Crippen LogP contribution in [0.2, 0.25) is 0 Å². The summed E-state index contributed by atoms with van der Waals surface area (Å²) in [7, 11) is 0. The predicted molar refractivity (Wildman–Crippen MR) is 102 cm³/mol. The highest BCUT2D eigenvalue weighted by Gasteiger charge is 2.28. The van der Waals surface area contributed by atoms with Crippen molar-refractivity contribution in [3.05, 3.63) is 94.2 Å². The Bertz CT molecular complexity index is 1060. The molecule has 1 unspecified atom stereocenters. The van der Waals surface area contributed by atoms with Crippen LogP contribution in [0.3, 0.4) is 0 Å². The lowest BCUT2D eigenvalue weighted by Crippen LogP contribution is -2.39. The maximum absolute atomic E-state index is 13.8. The van der Waals surface area contributed by atoms with Crippen LogP contribution in [0.25, 0.3) is 5.69 Å². The zero-order valence-electron chi connectivity index (χ0n) is 14.5. The molecule has 1 amide bonds. The van der Waals surface area contributed by atoms with Gasteiger partial charge >= 0.3 is 0 Å². The Balaban J connectivity index is 1.76.